The number of nitrogens with two attached hydrogens (primary N) is 1. The Bertz CT molecular complexity index is 866. The number of hydrogen-bond donors (Lipinski definition) is 2. The van der Waals surface area contributed by atoms with E-state index in [2.05, 4.69) is 6.58 Å². The van der Waals surface area contributed by atoms with Crippen LogP contribution in [0.2, 0.25) is 0 Å². The molecule has 0 aliphatic heterocycles. The highest BCUT2D eigenvalue weighted by molar-refractivity contribution is 5.89. The lowest BCUT2D eigenvalue weighted by Crippen LogP contribution is -2.20. The minimum atomic E-state index is -1.34. The van der Waals surface area contributed by atoms with Gasteiger partial charge in [0.1, 0.15) is 23.1 Å². The van der Waals surface area contributed by atoms with Crippen molar-refractivity contribution in [2.75, 3.05) is 11.5 Å². The SMILES string of the molecule is C=C(c1ccc(F)cc1F)N(/C=C(\N)C(=O)O)c1cccc(OCC)c1. The first-order chi connectivity index (χ1) is 12.3. The molecule has 26 heavy (non-hydrogen) atoms. The first-order valence-electron chi connectivity index (χ1n) is 7.70. The molecule has 0 spiro atoms. The fraction of sp³-hybridized carbons (Fsp3) is 0.105. The number of hydrogen-bond acceptors (Lipinski definition) is 4. The summed E-state index contributed by atoms with van der Waals surface area (Å²) in [5.74, 6) is -2.37. The zero-order chi connectivity index (χ0) is 19.3. The summed E-state index contributed by atoms with van der Waals surface area (Å²) in [6, 6.07) is 9.71. The van der Waals surface area contributed by atoms with Crippen LogP contribution in [0.1, 0.15) is 12.5 Å². The Kier molecular flexibility index (Phi) is 5.95. The van der Waals surface area contributed by atoms with Gasteiger partial charge in [0.2, 0.25) is 0 Å². The average Bonchev–Trinajstić information content (AvgIpc) is 2.59. The Morgan fingerprint density at radius 1 is 1.31 bits per heavy atom. The number of carbonyl (C=O) groups is 1. The number of nitrogens with zero attached hydrogens (tertiary/aromatic N) is 1. The molecule has 2 aromatic rings. The summed E-state index contributed by atoms with van der Waals surface area (Å²) in [5.41, 5.74) is 5.59. The molecule has 136 valence electrons. The first-order valence-corrected chi connectivity index (χ1v) is 7.70. The molecule has 0 radical (unpaired) electrons. The highest BCUT2D eigenvalue weighted by atomic mass is 19.1. The third-order valence-electron chi connectivity index (χ3n) is 3.45. The molecule has 0 unspecified atom stereocenters. The van der Waals surface area contributed by atoms with E-state index in [1.807, 2.05) is 6.92 Å². The van der Waals surface area contributed by atoms with Crippen molar-refractivity contribution in [1.29, 1.82) is 0 Å². The number of ether oxygens (including phenoxy) is 1. The average molecular weight is 360 g/mol. The molecule has 2 aromatic carbocycles. The lowest BCUT2D eigenvalue weighted by molar-refractivity contribution is -0.132. The van der Waals surface area contributed by atoms with Gasteiger partial charge in [0, 0.05) is 35.3 Å². The van der Waals surface area contributed by atoms with Crippen molar-refractivity contribution in [3.8, 4) is 5.75 Å². The molecule has 0 saturated carbocycles. The van der Waals surface area contributed by atoms with Crippen LogP contribution in [0, 0.1) is 11.6 Å². The quantitative estimate of drug-likeness (QED) is 0.736. The monoisotopic (exact) mass is 360 g/mol. The topological polar surface area (TPSA) is 75.8 Å². The summed E-state index contributed by atoms with van der Waals surface area (Å²) < 4.78 is 32.8. The molecule has 0 heterocycles. The molecule has 0 bridgehead atoms. The van der Waals surface area contributed by atoms with Crippen LogP contribution in [-0.4, -0.2) is 17.7 Å². The summed E-state index contributed by atoms with van der Waals surface area (Å²) in [6.45, 7) is 6.06. The van der Waals surface area contributed by atoms with Crippen molar-refractivity contribution in [1.82, 2.24) is 0 Å². The van der Waals surface area contributed by atoms with Gasteiger partial charge < -0.3 is 20.5 Å². The van der Waals surface area contributed by atoms with Gasteiger partial charge in [-0.25, -0.2) is 13.6 Å². The van der Waals surface area contributed by atoms with Crippen LogP contribution in [0.15, 0.2) is 60.9 Å². The largest absolute Gasteiger partial charge is 0.494 e. The number of aliphatic carboxylic acids is 1. The molecule has 0 fully saturated rings. The third kappa shape index (κ3) is 4.38. The second kappa shape index (κ2) is 8.15. The van der Waals surface area contributed by atoms with Crippen molar-refractivity contribution < 1.29 is 23.4 Å². The van der Waals surface area contributed by atoms with Crippen molar-refractivity contribution in [3.05, 3.63) is 78.1 Å². The summed E-state index contributed by atoms with van der Waals surface area (Å²) >= 11 is 0. The van der Waals surface area contributed by atoms with Crippen LogP contribution in [0.4, 0.5) is 14.5 Å². The lowest BCUT2D eigenvalue weighted by Gasteiger charge is -2.24. The zero-order valence-corrected chi connectivity index (χ0v) is 14.1. The molecule has 0 atom stereocenters. The van der Waals surface area contributed by atoms with Gasteiger partial charge in [-0.2, -0.15) is 0 Å². The van der Waals surface area contributed by atoms with E-state index in [9.17, 15) is 13.6 Å². The predicted octanol–water partition coefficient (Wildman–Crippen LogP) is 3.73. The first kappa shape index (κ1) is 19.0. The molecule has 7 heteroatoms. The van der Waals surface area contributed by atoms with Gasteiger partial charge >= 0.3 is 5.97 Å². The van der Waals surface area contributed by atoms with Gasteiger partial charge in [-0.05, 0) is 31.2 Å². The lowest BCUT2D eigenvalue weighted by atomic mass is 10.1. The zero-order valence-electron chi connectivity index (χ0n) is 14.1. The molecule has 0 aliphatic carbocycles. The Balaban J connectivity index is 2.54. The molecular weight excluding hydrogens is 342 g/mol. The molecule has 0 amide bonds. The van der Waals surface area contributed by atoms with E-state index in [-0.39, 0.29) is 11.3 Å². The standard InChI is InChI=1S/C19H18F2N2O3/c1-3-26-15-6-4-5-14(10-15)23(11-18(22)19(24)25)12(2)16-8-7-13(20)9-17(16)21/h4-11H,2-3,22H2,1H3,(H,24,25)/b18-11-. The predicted molar refractivity (Wildman–Crippen MR) is 95.4 cm³/mol. The third-order valence-corrected chi connectivity index (χ3v) is 3.45. The number of carboxylic acids is 1. The molecular formula is C19H18F2N2O3. The number of benzene rings is 2. The smallest absolute Gasteiger partial charge is 0.353 e. The van der Waals surface area contributed by atoms with Crippen LogP contribution in [0.3, 0.4) is 0 Å². The minimum Gasteiger partial charge on any atom is -0.494 e. The Morgan fingerprint density at radius 3 is 2.65 bits per heavy atom. The maximum absolute atomic E-state index is 14.2. The van der Waals surface area contributed by atoms with Crippen LogP contribution in [0.25, 0.3) is 5.70 Å². The Hall–Kier alpha value is -3.35. The van der Waals surface area contributed by atoms with Crippen LogP contribution < -0.4 is 15.4 Å². The van der Waals surface area contributed by atoms with Crippen molar-refractivity contribution >= 4 is 17.4 Å². The van der Waals surface area contributed by atoms with Gasteiger partial charge in [-0.3, -0.25) is 0 Å². The van der Waals surface area contributed by atoms with E-state index in [1.165, 1.54) is 11.0 Å². The van der Waals surface area contributed by atoms with E-state index in [4.69, 9.17) is 15.6 Å². The van der Waals surface area contributed by atoms with Gasteiger partial charge in [0.15, 0.2) is 0 Å². The van der Waals surface area contributed by atoms with Crippen molar-refractivity contribution in [2.45, 2.75) is 6.92 Å². The molecule has 3 N–H and O–H groups in total. The van der Waals surface area contributed by atoms with Crippen LogP contribution >= 0.6 is 0 Å². The summed E-state index contributed by atoms with van der Waals surface area (Å²) in [6.07, 6.45) is 1.11. The molecule has 2 rings (SSSR count). The highest BCUT2D eigenvalue weighted by Crippen LogP contribution is 2.30. The number of anilines is 1. The normalized spacial score (nSPS) is 11.1. The summed E-state index contributed by atoms with van der Waals surface area (Å²) in [7, 11) is 0. The van der Waals surface area contributed by atoms with Crippen LogP contribution in [0.5, 0.6) is 5.75 Å². The van der Waals surface area contributed by atoms with E-state index in [1.54, 1.807) is 24.3 Å². The second-order valence-corrected chi connectivity index (χ2v) is 5.26. The van der Waals surface area contributed by atoms with Gasteiger partial charge in [-0.15, -0.1) is 0 Å². The maximum Gasteiger partial charge on any atom is 0.353 e. The minimum absolute atomic E-state index is 0.00246. The molecule has 0 aromatic heterocycles. The molecule has 5 nitrogen and oxygen atoms in total. The Morgan fingerprint density at radius 2 is 2.04 bits per heavy atom. The Labute approximate surface area is 149 Å². The van der Waals surface area contributed by atoms with E-state index < -0.39 is 23.3 Å². The van der Waals surface area contributed by atoms with Crippen molar-refractivity contribution in [2.24, 2.45) is 5.73 Å². The molecule has 0 saturated heterocycles. The van der Waals surface area contributed by atoms with Gasteiger partial charge in [0.25, 0.3) is 0 Å². The second-order valence-electron chi connectivity index (χ2n) is 5.26. The highest BCUT2D eigenvalue weighted by Gasteiger charge is 2.17. The summed E-state index contributed by atoms with van der Waals surface area (Å²) in [5, 5.41) is 9.06. The van der Waals surface area contributed by atoms with Gasteiger partial charge in [0.05, 0.1) is 6.61 Å². The van der Waals surface area contributed by atoms with Gasteiger partial charge in [-0.1, -0.05) is 12.6 Å². The van der Waals surface area contributed by atoms with Crippen LogP contribution in [-0.2, 0) is 4.79 Å². The van der Waals surface area contributed by atoms with E-state index in [0.717, 1.165) is 18.3 Å². The number of carboxylic acid groups (broad SMARTS) is 1. The number of rotatable bonds is 7. The number of halogens is 2. The van der Waals surface area contributed by atoms with Crippen molar-refractivity contribution in [3.63, 3.8) is 0 Å². The molecule has 0 aliphatic rings. The summed E-state index contributed by atoms with van der Waals surface area (Å²) in [4.78, 5) is 12.4. The van der Waals surface area contributed by atoms with E-state index in [0.29, 0.717) is 18.0 Å². The fourth-order valence-electron chi connectivity index (χ4n) is 2.25. The maximum atomic E-state index is 14.2. The van der Waals surface area contributed by atoms with E-state index >= 15 is 0 Å². The fourth-order valence-corrected chi connectivity index (χ4v) is 2.25.